The molecule has 1 saturated heterocycles. The maximum absolute atomic E-state index is 11.8. The highest BCUT2D eigenvalue weighted by Crippen LogP contribution is 2.68. The number of allylic oxidation sites excluding steroid dienone is 2. The summed E-state index contributed by atoms with van der Waals surface area (Å²) >= 11 is 4.30. The fourth-order valence-corrected chi connectivity index (χ4v) is 11.7. The summed E-state index contributed by atoms with van der Waals surface area (Å²) in [6.07, 6.45) is 10.1. The number of para-hydroxylation sites is 1. The lowest BCUT2D eigenvalue weighted by molar-refractivity contribution is -0.110. The normalized spacial score (nSPS) is 41.9. The summed E-state index contributed by atoms with van der Waals surface area (Å²) in [6.45, 7) is 4.74. The number of rotatable bonds is 3. The molecule has 1 heterocycles. The van der Waals surface area contributed by atoms with Gasteiger partial charge in [-0.1, -0.05) is 43.7 Å². The molecule has 0 aromatic heterocycles. The Morgan fingerprint density at radius 1 is 1.03 bits per heavy atom. The summed E-state index contributed by atoms with van der Waals surface area (Å²) in [5.74, 6) is 5.48. The van der Waals surface area contributed by atoms with Gasteiger partial charge in [0.15, 0.2) is 0 Å². The van der Waals surface area contributed by atoms with Crippen molar-refractivity contribution in [3.05, 3.63) is 53.3 Å². The van der Waals surface area contributed by atoms with Crippen LogP contribution in [0.2, 0.25) is 0 Å². The Balaban J connectivity index is 1.32. The minimum atomic E-state index is -0.303. The van der Waals surface area contributed by atoms with E-state index < -0.39 is 0 Å². The lowest BCUT2D eigenvalue weighted by atomic mass is 9.46. The molecule has 5 aliphatic rings. The van der Waals surface area contributed by atoms with E-state index in [4.69, 9.17) is 4.74 Å². The van der Waals surface area contributed by atoms with Gasteiger partial charge in [-0.15, -0.1) is 23.5 Å². The van der Waals surface area contributed by atoms with Crippen LogP contribution >= 0.6 is 23.5 Å². The average molecular weight is 499 g/mol. The van der Waals surface area contributed by atoms with Crippen LogP contribution in [0.25, 0.3) is 0 Å². The lowest BCUT2D eigenvalue weighted by Crippen LogP contribution is -2.56. The Hall–Kier alpha value is -0.880. The molecule has 4 aliphatic carbocycles. The van der Waals surface area contributed by atoms with Gasteiger partial charge in [0.2, 0.25) is 0 Å². The predicted molar refractivity (Wildman–Crippen MR) is 142 cm³/mol. The number of hydrogen-bond donors (Lipinski definition) is 2. The zero-order valence-corrected chi connectivity index (χ0v) is 22.1. The van der Waals surface area contributed by atoms with Crippen LogP contribution in [0.15, 0.2) is 53.3 Å². The Labute approximate surface area is 212 Å². The van der Waals surface area contributed by atoms with Crippen LogP contribution in [0.1, 0.15) is 58.8 Å². The van der Waals surface area contributed by atoms with E-state index in [1.807, 2.05) is 30.3 Å². The quantitative estimate of drug-likeness (QED) is 0.372. The second-order valence-electron chi connectivity index (χ2n) is 11.6. The van der Waals surface area contributed by atoms with Crippen molar-refractivity contribution >= 4 is 23.5 Å². The molecule has 34 heavy (non-hydrogen) atoms. The molecule has 184 valence electrons. The van der Waals surface area contributed by atoms with Gasteiger partial charge < -0.3 is 14.9 Å². The molecule has 2 N–H and O–H groups in total. The van der Waals surface area contributed by atoms with Crippen molar-refractivity contribution in [3.63, 3.8) is 0 Å². The molecule has 0 amide bonds. The zero-order valence-electron chi connectivity index (χ0n) is 20.5. The fraction of sp³-hybridized carbons (Fsp3) is 0.655. The van der Waals surface area contributed by atoms with E-state index in [0.717, 1.165) is 25.0 Å². The summed E-state index contributed by atoms with van der Waals surface area (Å²) in [5.41, 5.74) is 2.92. The molecule has 6 atom stereocenters. The minimum Gasteiger partial charge on any atom is -0.459 e. The molecular formula is C29H38O3S2. The third-order valence-corrected chi connectivity index (χ3v) is 13.5. The Morgan fingerprint density at radius 2 is 1.79 bits per heavy atom. The molecule has 6 rings (SSSR count). The van der Waals surface area contributed by atoms with Crippen molar-refractivity contribution in [1.82, 2.24) is 0 Å². The van der Waals surface area contributed by atoms with E-state index in [0.29, 0.717) is 27.6 Å². The number of thioether (sulfide) groups is 2. The van der Waals surface area contributed by atoms with E-state index in [1.54, 1.807) is 5.57 Å². The Morgan fingerprint density at radius 3 is 2.53 bits per heavy atom. The second kappa shape index (κ2) is 8.61. The maximum atomic E-state index is 11.8. The predicted octanol–water partition coefficient (Wildman–Crippen LogP) is 6.42. The first-order valence-electron chi connectivity index (χ1n) is 13.1. The molecule has 3 saturated carbocycles. The smallest absolute Gasteiger partial charge is 0.129 e. The number of aliphatic hydroxyl groups is 2. The summed E-state index contributed by atoms with van der Waals surface area (Å²) in [6, 6.07) is 9.81. The van der Waals surface area contributed by atoms with Crippen molar-refractivity contribution in [2.24, 2.45) is 28.6 Å². The molecule has 4 fully saturated rings. The first-order valence-corrected chi connectivity index (χ1v) is 15.1. The number of fused-ring (bicyclic) bond motifs is 5. The zero-order chi connectivity index (χ0) is 23.6. The van der Waals surface area contributed by atoms with Crippen LogP contribution in [0.5, 0.6) is 5.75 Å². The number of hydrogen-bond acceptors (Lipinski definition) is 5. The van der Waals surface area contributed by atoms with Gasteiger partial charge in [0.05, 0.1) is 10.2 Å². The summed E-state index contributed by atoms with van der Waals surface area (Å²) in [7, 11) is 0. The molecule has 0 bridgehead atoms. The molecule has 1 aliphatic heterocycles. The summed E-state index contributed by atoms with van der Waals surface area (Å²) < 4.78 is 6.54. The van der Waals surface area contributed by atoms with E-state index >= 15 is 0 Å². The molecule has 5 heteroatoms. The monoisotopic (exact) mass is 498 g/mol. The highest BCUT2D eigenvalue weighted by molar-refractivity contribution is 8.21. The molecule has 0 unspecified atom stereocenters. The highest BCUT2D eigenvalue weighted by atomic mass is 32.2. The first kappa shape index (κ1) is 23.5. The molecule has 1 spiro atoms. The first-order chi connectivity index (χ1) is 16.4. The van der Waals surface area contributed by atoms with Crippen LogP contribution < -0.4 is 4.74 Å². The van der Waals surface area contributed by atoms with Crippen LogP contribution in [-0.2, 0) is 0 Å². The SMILES string of the molecule is C[C@]12CCC3(C=C1CC[C@@H]1[C@@H]2[C@@H](O)C[C@]2(C)/C(=C(\CO)Oc4ccccc4)CC[C@@H]12)SCCS3. The van der Waals surface area contributed by atoms with E-state index in [1.165, 1.54) is 42.8 Å². The van der Waals surface area contributed by atoms with Gasteiger partial charge >= 0.3 is 0 Å². The number of benzene rings is 1. The molecular weight excluding hydrogens is 460 g/mol. The van der Waals surface area contributed by atoms with Gasteiger partial charge in [-0.25, -0.2) is 0 Å². The van der Waals surface area contributed by atoms with Gasteiger partial charge in [0, 0.05) is 11.5 Å². The van der Waals surface area contributed by atoms with E-state index in [-0.39, 0.29) is 23.5 Å². The standard InChI is InChI=1S/C29H38O3S2/c1-27-12-13-29(33-14-15-34-29)16-19(27)8-9-21-22-10-11-23(28(22,2)17-24(31)26(21)27)25(18-30)32-20-6-4-3-5-7-20/h3-7,16,21-22,24,26,30-31H,8-15,17-18H2,1-2H3/b25-23+/t21-,22-,24-,26+,27-,28-/m0/s1. The van der Waals surface area contributed by atoms with Gasteiger partial charge in [-0.05, 0) is 91.2 Å². The fourth-order valence-electron chi connectivity index (χ4n) is 8.60. The molecule has 1 aromatic carbocycles. The second-order valence-corrected chi connectivity index (χ2v) is 14.7. The molecule has 3 nitrogen and oxygen atoms in total. The Bertz CT molecular complexity index is 998. The lowest BCUT2D eigenvalue weighted by Gasteiger charge is -2.60. The van der Waals surface area contributed by atoms with Gasteiger partial charge in [0.25, 0.3) is 0 Å². The van der Waals surface area contributed by atoms with Crippen LogP contribution in [0, 0.1) is 28.6 Å². The van der Waals surface area contributed by atoms with E-state index in [9.17, 15) is 10.2 Å². The maximum Gasteiger partial charge on any atom is 0.129 e. The van der Waals surface area contributed by atoms with Gasteiger partial charge in [-0.2, -0.15) is 0 Å². The minimum absolute atomic E-state index is 0.0846. The van der Waals surface area contributed by atoms with Crippen LogP contribution in [0.4, 0.5) is 0 Å². The van der Waals surface area contributed by atoms with Crippen molar-refractivity contribution in [2.75, 3.05) is 18.1 Å². The van der Waals surface area contributed by atoms with Gasteiger partial charge in [-0.3, -0.25) is 0 Å². The molecule has 1 aromatic rings. The topological polar surface area (TPSA) is 49.7 Å². The average Bonchev–Trinajstić information content (AvgIpc) is 3.42. The summed E-state index contributed by atoms with van der Waals surface area (Å²) in [4.78, 5) is 0. The van der Waals surface area contributed by atoms with Crippen molar-refractivity contribution < 1.29 is 14.9 Å². The number of ether oxygens (including phenoxy) is 1. The number of aliphatic hydroxyl groups excluding tert-OH is 2. The third-order valence-electron chi connectivity index (χ3n) is 10.1. The van der Waals surface area contributed by atoms with E-state index in [2.05, 4.69) is 43.4 Å². The largest absolute Gasteiger partial charge is 0.459 e. The third kappa shape index (κ3) is 3.55. The Kier molecular flexibility index (Phi) is 5.95. The highest BCUT2D eigenvalue weighted by Gasteiger charge is 2.62. The summed E-state index contributed by atoms with van der Waals surface area (Å²) in [5, 5.41) is 22.1. The van der Waals surface area contributed by atoms with Gasteiger partial charge in [0.1, 0.15) is 18.1 Å². The van der Waals surface area contributed by atoms with Crippen molar-refractivity contribution in [3.8, 4) is 5.75 Å². The van der Waals surface area contributed by atoms with Crippen LogP contribution in [-0.4, -0.2) is 38.5 Å². The van der Waals surface area contributed by atoms with Crippen molar-refractivity contribution in [2.45, 2.75) is 69.0 Å². The molecule has 0 radical (unpaired) electrons. The van der Waals surface area contributed by atoms with Crippen LogP contribution in [0.3, 0.4) is 0 Å². The van der Waals surface area contributed by atoms with Crippen molar-refractivity contribution in [1.29, 1.82) is 0 Å².